The Balaban J connectivity index is 2.35. The fraction of sp³-hybridized carbons (Fsp3) is 0.273. The molecule has 0 aliphatic carbocycles. The molecule has 0 unspecified atom stereocenters. The van der Waals surface area contributed by atoms with E-state index >= 15 is 0 Å². The fourth-order valence-electron chi connectivity index (χ4n) is 1.13. The van der Waals surface area contributed by atoms with Gasteiger partial charge in [0.05, 0.1) is 6.54 Å². The number of nitrogens with one attached hydrogen (secondary N) is 2. The number of amides is 1. The molecule has 1 aromatic carbocycles. The Hall–Kier alpha value is -2.04. The summed E-state index contributed by atoms with van der Waals surface area (Å²) in [5, 5.41) is 9.47. The lowest BCUT2D eigenvalue weighted by Crippen LogP contribution is -2.29. The maximum Gasteiger partial charge on any atom is 0.279 e. The molecule has 0 aliphatic heterocycles. The molecule has 0 atom stereocenters. The second-order valence-electron chi connectivity index (χ2n) is 3.33. The predicted molar refractivity (Wildman–Crippen MR) is 61.4 cm³/mol. The first-order valence-electron chi connectivity index (χ1n) is 4.91. The lowest BCUT2D eigenvalue weighted by atomic mass is 10.1. The van der Waals surface area contributed by atoms with Crippen LogP contribution < -0.4 is 11.1 Å². The molecule has 5 nitrogen and oxygen atoms in total. The summed E-state index contributed by atoms with van der Waals surface area (Å²) >= 11 is 0. The number of nitrogens with two attached hydrogens (primary N) is 1. The molecule has 0 saturated carbocycles. The maximum atomic E-state index is 11.5. The van der Waals surface area contributed by atoms with E-state index in [0.717, 1.165) is 5.56 Å². The molecule has 1 aromatic rings. The van der Waals surface area contributed by atoms with Crippen LogP contribution in [0.2, 0.25) is 0 Å². The van der Waals surface area contributed by atoms with E-state index in [2.05, 4.69) is 5.32 Å². The third-order valence-corrected chi connectivity index (χ3v) is 1.96. The molecular formula is C11H15N3O2. The molecule has 16 heavy (non-hydrogen) atoms. The Morgan fingerprint density at radius 2 is 2.06 bits per heavy atom. The third-order valence-electron chi connectivity index (χ3n) is 1.96. The standard InChI is InChI=1S/C11H15N3O2/c1-8-2-4-9(5-3-8)10(15)14-6-7-16-11(12)13/h2-5H,6-7H2,1H3,(H3,12,13)(H,14,15). The second-order valence-corrected chi connectivity index (χ2v) is 3.33. The van der Waals surface area contributed by atoms with Crippen molar-refractivity contribution in [1.29, 1.82) is 5.41 Å². The molecule has 4 N–H and O–H groups in total. The van der Waals surface area contributed by atoms with E-state index in [1.54, 1.807) is 12.1 Å². The molecule has 0 aromatic heterocycles. The highest BCUT2D eigenvalue weighted by molar-refractivity contribution is 5.94. The van der Waals surface area contributed by atoms with E-state index in [1.165, 1.54) is 0 Å². The van der Waals surface area contributed by atoms with Crippen LogP contribution >= 0.6 is 0 Å². The highest BCUT2D eigenvalue weighted by Gasteiger charge is 2.03. The lowest BCUT2D eigenvalue weighted by molar-refractivity contribution is 0.0945. The first-order valence-corrected chi connectivity index (χ1v) is 4.91. The second kappa shape index (κ2) is 5.75. The number of aryl methyl sites for hydroxylation is 1. The van der Waals surface area contributed by atoms with Gasteiger partial charge in [-0.25, -0.2) is 0 Å². The normalized spacial score (nSPS) is 9.56. The molecule has 0 bridgehead atoms. The van der Waals surface area contributed by atoms with Gasteiger partial charge in [-0.15, -0.1) is 0 Å². The van der Waals surface area contributed by atoms with Crippen molar-refractivity contribution in [1.82, 2.24) is 5.32 Å². The van der Waals surface area contributed by atoms with Crippen molar-refractivity contribution < 1.29 is 9.53 Å². The van der Waals surface area contributed by atoms with Crippen LogP contribution in [0.5, 0.6) is 0 Å². The van der Waals surface area contributed by atoms with Crippen LogP contribution in [0, 0.1) is 12.3 Å². The highest BCUT2D eigenvalue weighted by atomic mass is 16.5. The molecule has 1 amide bonds. The van der Waals surface area contributed by atoms with Crippen molar-refractivity contribution >= 4 is 11.9 Å². The van der Waals surface area contributed by atoms with Crippen LogP contribution in [0.3, 0.4) is 0 Å². The van der Waals surface area contributed by atoms with Gasteiger partial charge >= 0.3 is 0 Å². The molecule has 86 valence electrons. The third kappa shape index (κ3) is 4.00. The quantitative estimate of drug-likeness (QED) is 0.396. The lowest BCUT2D eigenvalue weighted by Gasteiger charge is -2.06. The van der Waals surface area contributed by atoms with Gasteiger partial charge in [0.15, 0.2) is 0 Å². The summed E-state index contributed by atoms with van der Waals surface area (Å²) in [7, 11) is 0. The molecule has 5 heteroatoms. The number of carbonyl (C=O) groups excluding carboxylic acids is 1. The molecule has 0 radical (unpaired) electrons. The molecule has 0 heterocycles. The molecule has 0 saturated heterocycles. The van der Waals surface area contributed by atoms with Crippen LogP contribution in [-0.2, 0) is 4.74 Å². The van der Waals surface area contributed by atoms with Gasteiger partial charge in [0.25, 0.3) is 11.9 Å². The zero-order valence-electron chi connectivity index (χ0n) is 9.12. The number of hydrogen-bond donors (Lipinski definition) is 3. The Morgan fingerprint density at radius 3 is 2.62 bits per heavy atom. The van der Waals surface area contributed by atoms with Gasteiger partial charge in [-0.3, -0.25) is 10.2 Å². The Morgan fingerprint density at radius 1 is 1.44 bits per heavy atom. The van der Waals surface area contributed by atoms with Crippen molar-refractivity contribution in [2.75, 3.05) is 13.2 Å². The molecule has 1 rings (SSSR count). The molecule has 0 aliphatic rings. The number of hydrogen-bond acceptors (Lipinski definition) is 3. The minimum absolute atomic E-state index is 0.160. The van der Waals surface area contributed by atoms with Gasteiger partial charge in [0.1, 0.15) is 6.61 Å². The van der Waals surface area contributed by atoms with Crippen LogP contribution in [0.1, 0.15) is 15.9 Å². The minimum atomic E-state index is -0.343. The molecular weight excluding hydrogens is 206 g/mol. The van der Waals surface area contributed by atoms with Crippen molar-refractivity contribution in [3.8, 4) is 0 Å². The zero-order valence-corrected chi connectivity index (χ0v) is 9.12. The Labute approximate surface area is 94.1 Å². The summed E-state index contributed by atoms with van der Waals surface area (Å²) in [6.07, 6.45) is 0. The van der Waals surface area contributed by atoms with Crippen molar-refractivity contribution in [2.24, 2.45) is 5.73 Å². The first kappa shape index (κ1) is 12.0. The fourth-order valence-corrected chi connectivity index (χ4v) is 1.13. The van der Waals surface area contributed by atoms with E-state index in [9.17, 15) is 4.79 Å². The number of carbonyl (C=O) groups is 1. The smallest absolute Gasteiger partial charge is 0.279 e. The summed E-state index contributed by atoms with van der Waals surface area (Å²) in [5.41, 5.74) is 6.70. The number of rotatable bonds is 4. The SMILES string of the molecule is Cc1ccc(C(=O)NCCOC(=N)N)cc1. The summed E-state index contributed by atoms with van der Waals surface area (Å²) < 4.78 is 4.69. The van der Waals surface area contributed by atoms with Crippen molar-refractivity contribution in [3.63, 3.8) is 0 Å². The average molecular weight is 221 g/mol. The average Bonchev–Trinajstić information content (AvgIpc) is 2.25. The topological polar surface area (TPSA) is 88.2 Å². The number of amidine groups is 1. The Bertz CT molecular complexity index is 373. The summed E-state index contributed by atoms with van der Waals surface area (Å²) in [6, 6.07) is 6.93. The number of ether oxygens (including phenoxy) is 1. The number of benzene rings is 1. The van der Waals surface area contributed by atoms with Crippen molar-refractivity contribution in [3.05, 3.63) is 35.4 Å². The van der Waals surface area contributed by atoms with E-state index in [-0.39, 0.29) is 18.5 Å². The van der Waals surface area contributed by atoms with E-state index in [4.69, 9.17) is 15.9 Å². The summed E-state index contributed by atoms with van der Waals surface area (Å²) in [5.74, 6) is -0.160. The van der Waals surface area contributed by atoms with Gasteiger partial charge in [-0.2, -0.15) is 0 Å². The zero-order chi connectivity index (χ0) is 12.0. The van der Waals surface area contributed by atoms with Gasteiger partial charge in [0.2, 0.25) is 0 Å². The largest absolute Gasteiger partial charge is 0.464 e. The van der Waals surface area contributed by atoms with Gasteiger partial charge in [-0.05, 0) is 19.1 Å². The maximum absolute atomic E-state index is 11.5. The van der Waals surface area contributed by atoms with E-state index in [1.807, 2.05) is 19.1 Å². The van der Waals surface area contributed by atoms with Crippen LogP contribution in [0.15, 0.2) is 24.3 Å². The van der Waals surface area contributed by atoms with Crippen molar-refractivity contribution in [2.45, 2.75) is 6.92 Å². The van der Waals surface area contributed by atoms with Gasteiger partial charge < -0.3 is 15.8 Å². The van der Waals surface area contributed by atoms with Gasteiger partial charge in [0, 0.05) is 5.56 Å². The minimum Gasteiger partial charge on any atom is -0.464 e. The Kier molecular flexibility index (Phi) is 4.32. The predicted octanol–water partition coefficient (Wildman–Crippen LogP) is 0.635. The van der Waals surface area contributed by atoms with E-state index in [0.29, 0.717) is 12.1 Å². The molecule has 0 fully saturated rings. The molecule has 0 spiro atoms. The van der Waals surface area contributed by atoms with Crippen LogP contribution in [0.4, 0.5) is 0 Å². The first-order chi connectivity index (χ1) is 7.59. The monoisotopic (exact) mass is 221 g/mol. The van der Waals surface area contributed by atoms with Crippen LogP contribution in [-0.4, -0.2) is 25.1 Å². The van der Waals surface area contributed by atoms with Crippen LogP contribution in [0.25, 0.3) is 0 Å². The van der Waals surface area contributed by atoms with Gasteiger partial charge in [-0.1, -0.05) is 17.7 Å². The summed E-state index contributed by atoms with van der Waals surface area (Å²) in [6.45, 7) is 2.49. The highest BCUT2D eigenvalue weighted by Crippen LogP contribution is 2.02. The van der Waals surface area contributed by atoms with E-state index < -0.39 is 0 Å². The summed E-state index contributed by atoms with van der Waals surface area (Å²) in [4.78, 5) is 11.5.